The maximum atomic E-state index is 2.41. The molecule has 0 aromatic carbocycles. The van der Waals surface area contributed by atoms with Gasteiger partial charge in [0.15, 0.2) is 11.4 Å². The first-order valence-electron chi connectivity index (χ1n) is 5.71. The number of aromatic nitrogens is 1. The van der Waals surface area contributed by atoms with Gasteiger partial charge in [-0.15, -0.1) is 0 Å². The molecule has 1 rings (SSSR count). The van der Waals surface area contributed by atoms with Crippen LogP contribution in [0.4, 0.5) is 0 Å². The number of aryl methyl sites for hydroxylation is 2. The van der Waals surface area contributed by atoms with Crippen molar-refractivity contribution in [2.24, 2.45) is 0 Å². The highest BCUT2D eigenvalue weighted by molar-refractivity contribution is 5.00. The second-order valence-corrected chi connectivity index (χ2v) is 4.02. The second kappa shape index (κ2) is 5.79. The molecule has 0 aliphatic carbocycles. The lowest BCUT2D eigenvalue weighted by atomic mass is 10.2. The summed E-state index contributed by atoms with van der Waals surface area (Å²) in [6.07, 6.45) is 5.35. The van der Waals surface area contributed by atoms with Crippen molar-refractivity contribution in [3.05, 3.63) is 29.6 Å². The van der Waals surface area contributed by atoms with Crippen LogP contribution in [0.3, 0.4) is 0 Å². The molecular weight excluding hydrogens is 170 g/mol. The predicted molar refractivity (Wildman–Crippen MR) is 60.3 cm³/mol. The van der Waals surface area contributed by atoms with Gasteiger partial charge in [0.2, 0.25) is 0 Å². The van der Waals surface area contributed by atoms with Crippen LogP contribution in [-0.4, -0.2) is 0 Å². The van der Waals surface area contributed by atoms with E-state index in [0.29, 0.717) is 0 Å². The first-order chi connectivity index (χ1) is 6.75. The number of nitrogens with zero attached hydrogens (tertiary/aromatic N) is 1. The molecule has 0 bridgehead atoms. The summed E-state index contributed by atoms with van der Waals surface area (Å²) >= 11 is 0. The smallest absolute Gasteiger partial charge is 0.178 e. The number of pyridine rings is 1. The molecule has 0 radical (unpaired) electrons. The van der Waals surface area contributed by atoms with Crippen LogP contribution < -0.4 is 4.57 Å². The number of rotatable bonds is 5. The summed E-state index contributed by atoms with van der Waals surface area (Å²) < 4.78 is 2.41. The van der Waals surface area contributed by atoms with Crippen molar-refractivity contribution in [2.45, 2.75) is 53.0 Å². The lowest BCUT2D eigenvalue weighted by molar-refractivity contribution is -0.709. The van der Waals surface area contributed by atoms with E-state index in [1.807, 2.05) is 0 Å². The van der Waals surface area contributed by atoms with E-state index >= 15 is 0 Å². The van der Waals surface area contributed by atoms with Gasteiger partial charge in [0.25, 0.3) is 0 Å². The van der Waals surface area contributed by atoms with Gasteiger partial charge >= 0.3 is 0 Å². The standard InChI is InChI=1S/C13H22N/c1-4-5-6-7-11-14-12(2)9-8-10-13(14)3/h8-10H,4-7,11H2,1-3H3/q+1. The van der Waals surface area contributed by atoms with Crippen LogP contribution in [-0.2, 0) is 6.54 Å². The Morgan fingerprint density at radius 1 is 1.00 bits per heavy atom. The van der Waals surface area contributed by atoms with Gasteiger partial charge in [-0.2, -0.15) is 0 Å². The van der Waals surface area contributed by atoms with Crippen molar-refractivity contribution < 1.29 is 4.57 Å². The molecule has 1 heterocycles. The number of hydrogen-bond acceptors (Lipinski definition) is 0. The molecule has 0 saturated carbocycles. The van der Waals surface area contributed by atoms with Gasteiger partial charge in [-0.25, -0.2) is 4.57 Å². The fourth-order valence-electron chi connectivity index (χ4n) is 1.83. The fraction of sp³-hybridized carbons (Fsp3) is 0.615. The summed E-state index contributed by atoms with van der Waals surface area (Å²) in [5.74, 6) is 0. The van der Waals surface area contributed by atoms with E-state index in [1.54, 1.807) is 0 Å². The van der Waals surface area contributed by atoms with Gasteiger partial charge in [0.1, 0.15) is 6.54 Å². The molecule has 0 saturated heterocycles. The zero-order valence-corrected chi connectivity index (χ0v) is 9.71. The minimum absolute atomic E-state index is 1.18. The van der Waals surface area contributed by atoms with Gasteiger partial charge in [-0.1, -0.05) is 19.8 Å². The summed E-state index contributed by atoms with van der Waals surface area (Å²) in [5, 5.41) is 0. The van der Waals surface area contributed by atoms with Crippen LogP contribution in [0.2, 0.25) is 0 Å². The topological polar surface area (TPSA) is 3.88 Å². The summed E-state index contributed by atoms with van der Waals surface area (Å²) in [5.41, 5.74) is 2.75. The van der Waals surface area contributed by atoms with Gasteiger partial charge in [-0.05, 0) is 12.5 Å². The molecule has 78 valence electrons. The summed E-state index contributed by atoms with van der Waals surface area (Å²) in [6.45, 7) is 7.81. The lowest BCUT2D eigenvalue weighted by Crippen LogP contribution is -2.40. The minimum Gasteiger partial charge on any atom is -0.200 e. The lowest BCUT2D eigenvalue weighted by Gasteiger charge is -2.03. The average Bonchev–Trinajstić information content (AvgIpc) is 2.16. The Kier molecular flexibility index (Phi) is 4.64. The summed E-state index contributed by atoms with van der Waals surface area (Å²) in [7, 11) is 0. The molecule has 0 aliphatic rings. The van der Waals surface area contributed by atoms with E-state index in [0.717, 1.165) is 0 Å². The zero-order valence-electron chi connectivity index (χ0n) is 9.71. The molecule has 1 heteroatoms. The molecule has 0 amide bonds. The highest BCUT2D eigenvalue weighted by Gasteiger charge is 2.07. The van der Waals surface area contributed by atoms with Gasteiger partial charge in [0.05, 0.1) is 0 Å². The molecule has 1 aromatic heterocycles. The van der Waals surface area contributed by atoms with Crippen molar-refractivity contribution in [3.63, 3.8) is 0 Å². The molecule has 0 spiro atoms. The van der Waals surface area contributed by atoms with E-state index in [1.165, 1.54) is 43.6 Å². The van der Waals surface area contributed by atoms with Gasteiger partial charge < -0.3 is 0 Å². The van der Waals surface area contributed by atoms with Gasteiger partial charge in [-0.3, -0.25) is 0 Å². The maximum absolute atomic E-state index is 2.41. The fourth-order valence-corrected chi connectivity index (χ4v) is 1.83. The average molecular weight is 192 g/mol. The van der Waals surface area contributed by atoms with Crippen LogP contribution in [0.25, 0.3) is 0 Å². The highest BCUT2D eigenvalue weighted by atomic mass is 15.0. The Bertz CT molecular complexity index is 258. The molecule has 0 unspecified atom stereocenters. The third-order valence-corrected chi connectivity index (χ3v) is 2.76. The molecule has 1 nitrogen and oxygen atoms in total. The third kappa shape index (κ3) is 3.13. The molecule has 1 aromatic rings. The van der Waals surface area contributed by atoms with E-state index in [9.17, 15) is 0 Å². The molecule has 14 heavy (non-hydrogen) atoms. The van der Waals surface area contributed by atoms with Crippen LogP contribution in [0.5, 0.6) is 0 Å². The SMILES string of the molecule is CCCCCC[n+]1c(C)cccc1C. The van der Waals surface area contributed by atoms with Gasteiger partial charge in [0, 0.05) is 32.4 Å². The quantitative estimate of drug-likeness (QED) is 0.498. The maximum Gasteiger partial charge on any atom is 0.178 e. The van der Waals surface area contributed by atoms with E-state index < -0.39 is 0 Å². The monoisotopic (exact) mass is 192 g/mol. The largest absolute Gasteiger partial charge is 0.200 e. The summed E-state index contributed by atoms with van der Waals surface area (Å²) in [4.78, 5) is 0. The van der Waals surface area contributed by atoms with Crippen molar-refractivity contribution in [1.29, 1.82) is 0 Å². The molecular formula is C13H22N+. The highest BCUT2D eigenvalue weighted by Crippen LogP contribution is 2.01. The van der Waals surface area contributed by atoms with Crippen molar-refractivity contribution in [1.82, 2.24) is 0 Å². The summed E-state index contributed by atoms with van der Waals surface area (Å²) in [6, 6.07) is 6.51. The van der Waals surface area contributed by atoms with Crippen LogP contribution in [0, 0.1) is 13.8 Å². The van der Waals surface area contributed by atoms with Crippen LogP contribution in [0.1, 0.15) is 44.0 Å². The Balaban J connectivity index is 2.49. The normalized spacial score (nSPS) is 10.5. The predicted octanol–water partition coefficient (Wildman–Crippen LogP) is 3.17. The molecule has 0 fully saturated rings. The number of hydrogen-bond donors (Lipinski definition) is 0. The van der Waals surface area contributed by atoms with E-state index in [4.69, 9.17) is 0 Å². The van der Waals surface area contributed by atoms with E-state index in [2.05, 4.69) is 43.5 Å². The Morgan fingerprint density at radius 2 is 1.64 bits per heavy atom. The Labute approximate surface area is 87.8 Å². The van der Waals surface area contributed by atoms with E-state index in [-0.39, 0.29) is 0 Å². The third-order valence-electron chi connectivity index (χ3n) is 2.76. The first kappa shape index (κ1) is 11.2. The Hall–Kier alpha value is -0.850. The van der Waals surface area contributed by atoms with Crippen molar-refractivity contribution in [2.75, 3.05) is 0 Å². The zero-order chi connectivity index (χ0) is 10.4. The molecule has 0 atom stereocenters. The first-order valence-corrected chi connectivity index (χ1v) is 5.71. The van der Waals surface area contributed by atoms with Crippen LogP contribution >= 0.6 is 0 Å². The molecule has 0 aliphatic heterocycles. The van der Waals surface area contributed by atoms with Crippen molar-refractivity contribution >= 4 is 0 Å². The van der Waals surface area contributed by atoms with Crippen LogP contribution in [0.15, 0.2) is 18.2 Å². The Morgan fingerprint density at radius 3 is 2.21 bits per heavy atom. The number of unbranched alkanes of at least 4 members (excludes halogenated alkanes) is 3. The minimum atomic E-state index is 1.18. The molecule has 0 N–H and O–H groups in total. The van der Waals surface area contributed by atoms with Crippen molar-refractivity contribution in [3.8, 4) is 0 Å². The second-order valence-electron chi connectivity index (χ2n) is 4.02.